The number of hydrogen-bond acceptors (Lipinski definition) is 4. The average Bonchev–Trinajstić information content (AvgIpc) is 2.46. The van der Waals surface area contributed by atoms with Gasteiger partial charge in [-0.25, -0.2) is 0 Å². The number of hydrogen-bond donors (Lipinski definition) is 2. The molecule has 0 fully saturated rings. The Morgan fingerprint density at radius 3 is 3.15 bits per heavy atom. The summed E-state index contributed by atoms with van der Waals surface area (Å²) in [4.78, 5) is 12.0. The van der Waals surface area contributed by atoms with Gasteiger partial charge < -0.3 is 20.1 Å². The number of rotatable bonds is 6. The van der Waals surface area contributed by atoms with Crippen LogP contribution in [0.2, 0.25) is 0 Å². The zero-order chi connectivity index (χ0) is 14.4. The van der Waals surface area contributed by atoms with E-state index in [0.29, 0.717) is 32.1 Å². The lowest BCUT2D eigenvalue weighted by atomic mass is 10.2. The molecule has 0 radical (unpaired) electrons. The summed E-state index contributed by atoms with van der Waals surface area (Å²) in [5, 5.41) is 5.98. The molecule has 1 aromatic carbocycles. The van der Waals surface area contributed by atoms with E-state index in [1.807, 2.05) is 31.2 Å². The molecule has 1 heterocycles. The van der Waals surface area contributed by atoms with E-state index in [4.69, 9.17) is 9.47 Å². The van der Waals surface area contributed by atoms with Gasteiger partial charge in [0, 0.05) is 6.54 Å². The molecule has 0 saturated heterocycles. The third kappa shape index (κ3) is 3.99. The summed E-state index contributed by atoms with van der Waals surface area (Å²) in [7, 11) is 0. The van der Waals surface area contributed by atoms with Crippen LogP contribution in [0.3, 0.4) is 0 Å². The van der Waals surface area contributed by atoms with Gasteiger partial charge in [0.1, 0.15) is 5.75 Å². The van der Waals surface area contributed by atoms with Crippen molar-refractivity contribution in [1.29, 1.82) is 0 Å². The first-order chi connectivity index (χ1) is 9.66. The Hall–Kier alpha value is -2.01. The Labute approximate surface area is 119 Å². The largest absolute Gasteiger partial charge is 0.477 e. The third-order valence-corrected chi connectivity index (χ3v) is 2.82. The first kappa shape index (κ1) is 14.4. The van der Waals surface area contributed by atoms with Crippen LogP contribution in [-0.2, 0) is 9.53 Å². The second-order valence-corrected chi connectivity index (χ2v) is 4.78. The number of nitrogens with one attached hydrogen (secondary N) is 2. The van der Waals surface area contributed by atoms with E-state index in [1.165, 1.54) is 0 Å². The lowest BCUT2D eigenvalue weighted by Gasteiger charge is -2.26. The molecule has 20 heavy (non-hydrogen) atoms. The predicted octanol–water partition coefficient (Wildman–Crippen LogP) is 1.57. The smallest absolute Gasteiger partial charge is 0.263 e. The van der Waals surface area contributed by atoms with Gasteiger partial charge in [-0.2, -0.15) is 0 Å². The molecule has 5 heteroatoms. The van der Waals surface area contributed by atoms with E-state index < -0.39 is 6.10 Å². The molecule has 0 spiro atoms. The van der Waals surface area contributed by atoms with Crippen molar-refractivity contribution >= 4 is 11.6 Å². The van der Waals surface area contributed by atoms with Gasteiger partial charge in [0.2, 0.25) is 0 Å². The van der Waals surface area contributed by atoms with Crippen LogP contribution in [-0.4, -0.2) is 38.3 Å². The highest BCUT2D eigenvalue weighted by Gasteiger charge is 2.25. The van der Waals surface area contributed by atoms with Crippen molar-refractivity contribution < 1.29 is 14.3 Å². The fourth-order valence-corrected chi connectivity index (χ4v) is 1.87. The standard InChI is InChI=1S/C15H20N2O3/c1-11(2)10-19-8-7-16-15(18)14-9-17-12-5-3-4-6-13(12)20-14/h3-6,14,17H,1,7-10H2,2H3,(H,16,18). The minimum absolute atomic E-state index is 0.133. The fraction of sp³-hybridized carbons (Fsp3) is 0.400. The Balaban J connectivity index is 1.73. The first-order valence-corrected chi connectivity index (χ1v) is 6.66. The topological polar surface area (TPSA) is 59.6 Å². The molecular weight excluding hydrogens is 256 g/mol. The summed E-state index contributed by atoms with van der Waals surface area (Å²) < 4.78 is 11.0. The summed E-state index contributed by atoms with van der Waals surface area (Å²) in [6, 6.07) is 7.58. The number of carbonyl (C=O) groups excluding carboxylic acids is 1. The number of fused-ring (bicyclic) bond motifs is 1. The fourth-order valence-electron chi connectivity index (χ4n) is 1.87. The van der Waals surface area contributed by atoms with Gasteiger partial charge in [0.05, 0.1) is 25.4 Å². The first-order valence-electron chi connectivity index (χ1n) is 6.66. The van der Waals surface area contributed by atoms with Crippen molar-refractivity contribution in [2.45, 2.75) is 13.0 Å². The summed E-state index contributed by atoms with van der Waals surface area (Å²) in [5.74, 6) is 0.573. The lowest BCUT2D eigenvalue weighted by Crippen LogP contribution is -2.45. The number of ether oxygens (including phenoxy) is 2. The summed E-state index contributed by atoms with van der Waals surface area (Å²) >= 11 is 0. The maximum atomic E-state index is 12.0. The Kier molecular flexibility index (Phi) is 5.01. The van der Waals surface area contributed by atoms with Crippen LogP contribution in [0.15, 0.2) is 36.4 Å². The van der Waals surface area contributed by atoms with Crippen LogP contribution in [0.1, 0.15) is 6.92 Å². The van der Waals surface area contributed by atoms with E-state index in [2.05, 4.69) is 17.2 Å². The van der Waals surface area contributed by atoms with Crippen molar-refractivity contribution in [1.82, 2.24) is 5.32 Å². The average molecular weight is 276 g/mol. The number of anilines is 1. The van der Waals surface area contributed by atoms with Crippen LogP contribution in [0.25, 0.3) is 0 Å². The van der Waals surface area contributed by atoms with Gasteiger partial charge in [-0.1, -0.05) is 24.3 Å². The second-order valence-electron chi connectivity index (χ2n) is 4.78. The van der Waals surface area contributed by atoms with Gasteiger partial charge in [-0.05, 0) is 19.1 Å². The normalized spacial score (nSPS) is 16.6. The van der Waals surface area contributed by atoms with Crippen LogP contribution < -0.4 is 15.4 Å². The molecule has 1 amide bonds. The number of para-hydroxylation sites is 2. The van der Waals surface area contributed by atoms with Crippen LogP contribution in [0, 0.1) is 0 Å². The third-order valence-electron chi connectivity index (χ3n) is 2.82. The number of benzene rings is 1. The number of amides is 1. The molecule has 2 rings (SSSR count). The minimum Gasteiger partial charge on any atom is -0.477 e. The van der Waals surface area contributed by atoms with E-state index in [1.54, 1.807) is 0 Å². The van der Waals surface area contributed by atoms with Gasteiger partial charge in [0.15, 0.2) is 6.10 Å². The van der Waals surface area contributed by atoms with E-state index >= 15 is 0 Å². The maximum Gasteiger partial charge on any atom is 0.263 e. The molecule has 108 valence electrons. The zero-order valence-corrected chi connectivity index (χ0v) is 11.6. The van der Waals surface area contributed by atoms with E-state index in [9.17, 15) is 4.79 Å². The van der Waals surface area contributed by atoms with Gasteiger partial charge in [-0.3, -0.25) is 4.79 Å². The van der Waals surface area contributed by atoms with Crippen molar-refractivity contribution in [3.8, 4) is 5.75 Å². The quantitative estimate of drug-likeness (QED) is 0.611. The monoisotopic (exact) mass is 276 g/mol. The maximum absolute atomic E-state index is 12.0. The molecule has 0 bridgehead atoms. The van der Waals surface area contributed by atoms with Gasteiger partial charge in [0.25, 0.3) is 5.91 Å². The molecule has 1 aliphatic rings. The van der Waals surface area contributed by atoms with Crippen LogP contribution in [0.5, 0.6) is 5.75 Å². The van der Waals surface area contributed by atoms with E-state index in [0.717, 1.165) is 11.3 Å². The van der Waals surface area contributed by atoms with Gasteiger partial charge >= 0.3 is 0 Å². The SMILES string of the molecule is C=C(C)COCCNC(=O)C1CNc2ccccc2O1. The molecule has 5 nitrogen and oxygen atoms in total. The Morgan fingerprint density at radius 2 is 2.35 bits per heavy atom. The molecule has 1 aliphatic heterocycles. The summed E-state index contributed by atoms with van der Waals surface area (Å²) in [6.07, 6.45) is -0.508. The van der Waals surface area contributed by atoms with E-state index in [-0.39, 0.29) is 5.91 Å². The number of carbonyl (C=O) groups is 1. The molecule has 0 aliphatic carbocycles. The Bertz CT molecular complexity index is 488. The predicted molar refractivity (Wildman–Crippen MR) is 78.0 cm³/mol. The molecule has 0 aromatic heterocycles. The van der Waals surface area contributed by atoms with Gasteiger partial charge in [-0.15, -0.1) is 0 Å². The molecule has 1 unspecified atom stereocenters. The highest BCUT2D eigenvalue weighted by molar-refractivity contribution is 5.83. The highest BCUT2D eigenvalue weighted by Crippen LogP contribution is 2.27. The highest BCUT2D eigenvalue weighted by atomic mass is 16.5. The molecule has 1 aromatic rings. The molecule has 0 saturated carbocycles. The lowest BCUT2D eigenvalue weighted by molar-refractivity contribution is -0.127. The minimum atomic E-state index is -0.508. The van der Waals surface area contributed by atoms with Crippen LogP contribution >= 0.6 is 0 Å². The molecular formula is C15H20N2O3. The van der Waals surface area contributed by atoms with Crippen molar-refractivity contribution in [3.63, 3.8) is 0 Å². The Morgan fingerprint density at radius 1 is 1.55 bits per heavy atom. The molecule has 1 atom stereocenters. The van der Waals surface area contributed by atoms with Crippen molar-refractivity contribution in [3.05, 3.63) is 36.4 Å². The van der Waals surface area contributed by atoms with Crippen molar-refractivity contribution in [2.24, 2.45) is 0 Å². The zero-order valence-electron chi connectivity index (χ0n) is 11.6. The second kappa shape index (κ2) is 6.96. The molecule has 2 N–H and O–H groups in total. The summed E-state index contributed by atoms with van der Waals surface area (Å²) in [6.45, 7) is 7.56. The van der Waals surface area contributed by atoms with Crippen molar-refractivity contribution in [2.75, 3.05) is 31.6 Å². The van der Waals surface area contributed by atoms with Crippen LogP contribution in [0.4, 0.5) is 5.69 Å². The summed E-state index contributed by atoms with van der Waals surface area (Å²) in [5.41, 5.74) is 1.88.